The third-order valence-corrected chi connectivity index (χ3v) is 1.85. The number of imidazole rings is 1. The number of hydrogen-bond donors (Lipinski definition) is 3. The average Bonchev–Trinajstić information content (AvgIpc) is 2.57. The van der Waals surface area contributed by atoms with Crippen molar-refractivity contribution in [2.45, 2.75) is 6.54 Å². The van der Waals surface area contributed by atoms with E-state index in [0.717, 1.165) is 11.0 Å². The topological polar surface area (TPSA) is 78.0 Å². The molecule has 3 N–H and O–H groups in total. The zero-order valence-electron chi connectivity index (χ0n) is 7.73. The Morgan fingerprint density at radius 2 is 2.20 bits per heavy atom. The van der Waals surface area contributed by atoms with Gasteiger partial charge in [0.25, 0.3) is 0 Å². The Hall–Kier alpha value is -1.75. The molecule has 1 aromatic heterocycles. The molecule has 2 rings (SSSR count). The number of aromatic nitrogens is 2. The summed E-state index contributed by atoms with van der Waals surface area (Å²) in [4.78, 5) is 17.5. The third kappa shape index (κ3) is 2.60. The van der Waals surface area contributed by atoms with Crippen LogP contribution in [-0.2, 0) is 6.54 Å². The largest absolute Gasteiger partial charge is 0.465 e. The molecular weight excluding hydrogens is 218 g/mol. The van der Waals surface area contributed by atoms with Gasteiger partial charge in [0.05, 0.1) is 17.6 Å². The minimum Gasteiger partial charge on any atom is -0.465 e. The van der Waals surface area contributed by atoms with E-state index in [2.05, 4.69) is 15.3 Å². The van der Waals surface area contributed by atoms with Crippen molar-refractivity contribution in [3.63, 3.8) is 0 Å². The second-order valence-corrected chi connectivity index (χ2v) is 2.86. The first-order valence-corrected chi connectivity index (χ1v) is 4.16. The van der Waals surface area contributed by atoms with E-state index < -0.39 is 6.09 Å². The Balaban J connectivity index is 0.00000112. The second kappa shape index (κ2) is 4.65. The first kappa shape index (κ1) is 11.3. The van der Waals surface area contributed by atoms with Gasteiger partial charge in [0.15, 0.2) is 0 Å². The fraction of sp³-hybridized carbons (Fsp3) is 0.111. The number of fused-ring (bicyclic) bond motifs is 1. The first-order valence-electron chi connectivity index (χ1n) is 4.16. The smallest absolute Gasteiger partial charge is 0.405 e. The van der Waals surface area contributed by atoms with Crippen molar-refractivity contribution in [3.8, 4) is 0 Å². The third-order valence-electron chi connectivity index (χ3n) is 1.85. The number of carboxylic acid groups (broad SMARTS) is 1. The molecule has 0 bridgehead atoms. The number of hydrogen-bond acceptors (Lipinski definition) is 2. The summed E-state index contributed by atoms with van der Waals surface area (Å²) in [6.07, 6.45) is -1.05. The number of halogens is 1. The summed E-state index contributed by atoms with van der Waals surface area (Å²) in [5.41, 5.74) is 1.75. The molecule has 0 atom stereocenters. The molecular formula is C9H10ClN3O2. The number of rotatable bonds is 2. The van der Waals surface area contributed by atoms with Gasteiger partial charge in [0, 0.05) is 0 Å². The van der Waals surface area contributed by atoms with Crippen LogP contribution >= 0.6 is 12.4 Å². The van der Waals surface area contributed by atoms with Crippen molar-refractivity contribution in [1.82, 2.24) is 15.3 Å². The number of para-hydroxylation sites is 2. The summed E-state index contributed by atoms with van der Waals surface area (Å²) in [6, 6.07) is 7.55. The molecule has 1 aromatic carbocycles. The zero-order valence-corrected chi connectivity index (χ0v) is 8.54. The maximum atomic E-state index is 10.2. The quantitative estimate of drug-likeness (QED) is 0.732. The number of aromatic amines is 1. The van der Waals surface area contributed by atoms with E-state index in [-0.39, 0.29) is 19.0 Å². The predicted molar refractivity (Wildman–Crippen MR) is 58.2 cm³/mol. The van der Waals surface area contributed by atoms with Crippen LogP contribution in [0.5, 0.6) is 0 Å². The summed E-state index contributed by atoms with van der Waals surface area (Å²) in [6.45, 7) is 0.198. The van der Waals surface area contributed by atoms with E-state index in [9.17, 15) is 4.79 Å². The van der Waals surface area contributed by atoms with Crippen molar-refractivity contribution in [1.29, 1.82) is 0 Å². The Bertz CT molecular complexity index is 436. The van der Waals surface area contributed by atoms with Gasteiger partial charge in [-0.3, -0.25) is 0 Å². The second-order valence-electron chi connectivity index (χ2n) is 2.86. The number of carbonyl (C=O) groups is 1. The highest BCUT2D eigenvalue weighted by molar-refractivity contribution is 5.85. The van der Waals surface area contributed by atoms with Crippen LogP contribution in [0.3, 0.4) is 0 Å². The van der Waals surface area contributed by atoms with Crippen LogP contribution in [0.4, 0.5) is 4.79 Å². The van der Waals surface area contributed by atoms with Crippen LogP contribution in [0.25, 0.3) is 11.0 Å². The van der Waals surface area contributed by atoms with Gasteiger partial charge in [-0.15, -0.1) is 12.4 Å². The molecule has 0 aliphatic carbocycles. The van der Waals surface area contributed by atoms with Crippen LogP contribution < -0.4 is 5.32 Å². The predicted octanol–water partition coefficient (Wildman–Crippen LogP) is 1.75. The number of H-pyrrole nitrogens is 1. The number of amides is 1. The molecule has 0 aliphatic heterocycles. The van der Waals surface area contributed by atoms with Gasteiger partial charge in [-0.2, -0.15) is 0 Å². The van der Waals surface area contributed by atoms with Crippen molar-refractivity contribution in [2.24, 2.45) is 0 Å². The lowest BCUT2D eigenvalue weighted by Crippen LogP contribution is -2.20. The summed E-state index contributed by atoms with van der Waals surface area (Å²) in [5, 5.41) is 10.6. The SMILES string of the molecule is Cl.O=C(O)NCc1nc2ccccc2[nH]1. The highest BCUT2D eigenvalue weighted by atomic mass is 35.5. The monoisotopic (exact) mass is 227 g/mol. The summed E-state index contributed by atoms with van der Waals surface area (Å²) < 4.78 is 0. The highest BCUT2D eigenvalue weighted by Gasteiger charge is 2.02. The van der Waals surface area contributed by atoms with Gasteiger partial charge >= 0.3 is 6.09 Å². The Labute approximate surface area is 91.9 Å². The molecule has 2 aromatic rings. The molecule has 80 valence electrons. The normalized spacial score (nSPS) is 9.60. The van der Waals surface area contributed by atoms with Gasteiger partial charge < -0.3 is 15.4 Å². The molecule has 0 unspecified atom stereocenters. The Morgan fingerprint density at radius 3 is 2.87 bits per heavy atom. The van der Waals surface area contributed by atoms with Gasteiger partial charge in [0.1, 0.15) is 5.82 Å². The minimum absolute atomic E-state index is 0. The van der Waals surface area contributed by atoms with Gasteiger partial charge in [-0.05, 0) is 12.1 Å². The van der Waals surface area contributed by atoms with E-state index >= 15 is 0 Å². The lowest BCUT2D eigenvalue weighted by molar-refractivity contribution is 0.193. The molecule has 0 aliphatic rings. The van der Waals surface area contributed by atoms with Gasteiger partial charge in [-0.1, -0.05) is 12.1 Å². The lowest BCUT2D eigenvalue weighted by atomic mass is 10.3. The Morgan fingerprint density at radius 1 is 1.47 bits per heavy atom. The van der Waals surface area contributed by atoms with Gasteiger partial charge in [0.2, 0.25) is 0 Å². The minimum atomic E-state index is -1.05. The molecule has 0 saturated carbocycles. The van der Waals surface area contributed by atoms with E-state index in [1.807, 2.05) is 24.3 Å². The lowest BCUT2D eigenvalue weighted by Gasteiger charge is -1.94. The highest BCUT2D eigenvalue weighted by Crippen LogP contribution is 2.09. The molecule has 0 radical (unpaired) electrons. The van der Waals surface area contributed by atoms with Crippen LogP contribution in [0.1, 0.15) is 5.82 Å². The fourth-order valence-corrected chi connectivity index (χ4v) is 1.25. The molecule has 1 amide bonds. The van der Waals surface area contributed by atoms with Crippen molar-refractivity contribution < 1.29 is 9.90 Å². The molecule has 15 heavy (non-hydrogen) atoms. The summed E-state index contributed by atoms with van der Waals surface area (Å²) >= 11 is 0. The number of nitrogens with one attached hydrogen (secondary N) is 2. The number of benzene rings is 1. The van der Waals surface area contributed by atoms with Crippen molar-refractivity contribution >= 4 is 29.5 Å². The van der Waals surface area contributed by atoms with Crippen molar-refractivity contribution in [3.05, 3.63) is 30.1 Å². The molecule has 5 nitrogen and oxygen atoms in total. The average molecular weight is 228 g/mol. The maximum Gasteiger partial charge on any atom is 0.405 e. The van der Waals surface area contributed by atoms with Crippen LogP contribution in [0.15, 0.2) is 24.3 Å². The summed E-state index contributed by atoms with van der Waals surface area (Å²) in [5.74, 6) is 0.619. The standard InChI is InChI=1S/C9H9N3O2.ClH/c13-9(14)10-5-8-11-6-3-1-2-4-7(6)12-8;/h1-4,10H,5H2,(H,11,12)(H,13,14);1H. The number of nitrogens with zero attached hydrogens (tertiary/aromatic N) is 1. The van der Waals surface area contributed by atoms with E-state index in [4.69, 9.17) is 5.11 Å². The van der Waals surface area contributed by atoms with Crippen molar-refractivity contribution in [2.75, 3.05) is 0 Å². The molecule has 1 heterocycles. The van der Waals surface area contributed by atoms with Crippen LogP contribution in [0, 0.1) is 0 Å². The Kier molecular flexibility index (Phi) is 3.51. The summed E-state index contributed by atoms with van der Waals surface area (Å²) in [7, 11) is 0. The van der Waals surface area contributed by atoms with E-state index in [1.54, 1.807) is 0 Å². The fourth-order valence-electron chi connectivity index (χ4n) is 1.25. The molecule has 0 spiro atoms. The van der Waals surface area contributed by atoms with Crippen LogP contribution in [-0.4, -0.2) is 21.2 Å². The zero-order chi connectivity index (χ0) is 9.97. The molecule has 0 saturated heterocycles. The molecule has 0 fully saturated rings. The van der Waals surface area contributed by atoms with E-state index in [1.165, 1.54) is 0 Å². The van der Waals surface area contributed by atoms with Gasteiger partial charge in [-0.25, -0.2) is 9.78 Å². The van der Waals surface area contributed by atoms with Crippen LogP contribution in [0.2, 0.25) is 0 Å². The first-order chi connectivity index (χ1) is 6.75. The molecule has 6 heteroatoms. The maximum absolute atomic E-state index is 10.2. The van der Waals surface area contributed by atoms with E-state index in [0.29, 0.717) is 5.82 Å².